The van der Waals surface area contributed by atoms with Crippen LogP contribution in [0.25, 0.3) is 0 Å². The number of aryl methyl sites for hydroxylation is 2. The van der Waals surface area contributed by atoms with Crippen LogP contribution in [0.5, 0.6) is 0 Å². The molecular formula is C14H19FN4. The van der Waals surface area contributed by atoms with Crippen LogP contribution < -0.4 is 11.3 Å². The average molecular weight is 262 g/mol. The van der Waals surface area contributed by atoms with Crippen molar-refractivity contribution in [3.8, 4) is 0 Å². The number of hydrazine groups is 1. The first kappa shape index (κ1) is 13.7. The zero-order chi connectivity index (χ0) is 13.8. The lowest BCUT2D eigenvalue weighted by Crippen LogP contribution is -2.30. The molecule has 0 aliphatic heterocycles. The number of hydrogen-bond acceptors (Lipinski definition) is 3. The fourth-order valence-corrected chi connectivity index (χ4v) is 2.26. The van der Waals surface area contributed by atoms with Crippen LogP contribution in [-0.2, 0) is 13.0 Å². The molecule has 1 aromatic heterocycles. The van der Waals surface area contributed by atoms with Crippen LogP contribution in [0.1, 0.15) is 29.9 Å². The van der Waals surface area contributed by atoms with Gasteiger partial charge in [0.05, 0.1) is 11.7 Å². The molecule has 0 aliphatic rings. The monoisotopic (exact) mass is 262 g/mol. The van der Waals surface area contributed by atoms with E-state index in [1.54, 1.807) is 12.1 Å². The molecule has 1 aromatic carbocycles. The van der Waals surface area contributed by atoms with Crippen molar-refractivity contribution in [2.75, 3.05) is 0 Å². The molecule has 0 saturated carbocycles. The Kier molecular flexibility index (Phi) is 4.29. The van der Waals surface area contributed by atoms with E-state index in [4.69, 9.17) is 5.84 Å². The molecule has 0 fully saturated rings. The average Bonchev–Trinajstić information content (AvgIpc) is 2.77. The molecule has 1 atom stereocenters. The molecule has 0 radical (unpaired) electrons. The maximum atomic E-state index is 13.8. The van der Waals surface area contributed by atoms with E-state index in [0.717, 1.165) is 17.9 Å². The van der Waals surface area contributed by atoms with Gasteiger partial charge in [-0.3, -0.25) is 16.0 Å². The Bertz CT molecular complexity index is 550. The van der Waals surface area contributed by atoms with Crippen LogP contribution in [0.2, 0.25) is 0 Å². The minimum absolute atomic E-state index is 0.246. The molecule has 19 heavy (non-hydrogen) atoms. The van der Waals surface area contributed by atoms with Crippen molar-refractivity contribution in [1.82, 2.24) is 15.2 Å². The molecule has 1 heterocycles. The van der Waals surface area contributed by atoms with Gasteiger partial charge in [-0.25, -0.2) is 4.39 Å². The quantitative estimate of drug-likeness (QED) is 0.641. The van der Waals surface area contributed by atoms with Gasteiger partial charge in [-0.15, -0.1) is 0 Å². The van der Waals surface area contributed by atoms with Crippen LogP contribution in [0.3, 0.4) is 0 Å². The van der Waals surface area contributed by atoms with Crippen LogP contribution >= 0.6 is 0 Å². The van der Waals surface area contributed by atoms with E-state index in [-0.39, 0.29) is 11.9 Å². The van der Waals surface area contributed by atoms with E-state index in [1.165, 1.54) is 6.07 Å². The Labute approximate surface area is 112 Å². The maximum absolute atomic E-state index is 13.8. The van der Waals surface area contributed by atoms with Gasteiger partial charge < -0.3 is 0 Å². The summed E-state index contributed by atoms with van der Waals surface area (Å²) in [5.74, 6) is 5.33. The van der Waals surface area contributed by atoms with Gasteiger partial charge in [-0.1, -0.05) is 18.2 Å². The van der Waals surface area contributed by atoms with Gasteiger partial charge in [0.15, 0.2) is 0 Å². The number of halogens is 1. The molecule has 0 spiro atoms. The van der Waals surface area contributed by atoms with Gasteiger partial charge in [0.1, 0.15) is 5.82 Å². The predicted octanol–water partition coefficient (Wildman–Crippen LogP) is 2.10. The first-order chi connectivity index (χ1) is 9.15. The van der Waals surface area contributed by atoms with Gasteiger partial charge in [0, 0.05) is 24.2 Å². The molecule has 2 rings (SSSR count). The number of hydrogen-bond donors (Lipinski definition) is 2. The molecule has 2 aromatic rings. The summed E-state index contributed by atoms with van der Waals surface area (Å²) in [4.78, 5) is 0. The summed E-state index contributed by atoms with van der Waals surface area (Å²) in [6.07, 6.45) is 0.603. The summed E-state index contributed by atoms with van der Waals surface area (Å²) >= 11 is 0. The second kappa shape index (κ2) is 5.95. The van der Waals surface area contributed by atoms with Gasteiger partial charge in [0.25, 0.3) is 0 Å². The van der Waals surface area contributed by atoms with Crippen LogP contribution in [0.15, 0.2) is 30.3 Å². The van der Waals surface area contributed by atoms with Gasteiger partial charge in [-0.05, 0) is 26.0 Å². The van der Waals surface area contributed by atoms with E-state index in [1.807, 2.05) is 30.7 Å². The van der Waals surface area contributed by atoms with E-state index in [0.29, 0.717) is 12.0 Å². The van der Waals surface area contributed by atoms with Gasteiger partial charge in [0.2, 0.25) is 0 Å². The van der Waals surface area contributed by atoms with Crippen LogP contribution in [-0.4, -0.2) is 9.78 Å². The lowest BCUT2D eigenvalue weighted by Gasteiger charge is -2.17. The molecule has 5 heteroatoms. The topological polar surface area (TPSA) is 55.9 Å². The van der Waals surface area contributed by atoms with Crippen molar-refractivity contribution in [3.05, 3.63) is 53.1 Å². The third kappa shape index (κ3) is 3.00. The summed E-state index contributed by atoms with van der Waals surface area (Å²) in [6.45, 7) is 4.77. The van der Waals surface area contributed by atoms with Crippen molar-refractivity contribution in [2.45, 2.75) is 32.9 Å². The number of benzene rings is 1. The number of nitrogens with zero attached hydrogens (tertiary/aromatic N) is 2. The smallest absolute Gasteiger partial charge is 0.128 e. The minimum atomic E-state index is -0.261. The Morgan fingerprint density at radius 3 is 2.79 bits per heavy atom. The van der Waals surface area contributed by atoms with Crippen molar-refractivity contribution in [3.63, 3.8) is 0 Å². The lowest BCUT2D eigenvalue weighted by molar-refractivity contribution is 0.490. The third-order valence-electron chi connectivity index (χ3n) is 3.18. The highest BCUT2D eigenvalue weighted by atomic mass is 19.1. The minimum Gasteiger partial charge on any atom is -0.271 e. The molecule has 0 aliphatic carbocycles. The molecule has 4 nitrogen and oxygen atoms in total. The molecule has 0 bridgehead atoms. The number of nitrogens with one attached hydrogen (secondary N) is 1. The number of nitrogens with two attached hydrogens (primary N) is 1. The fourth-order valence-electron chi connectivity index (χ4n) is 2.26. The Morgan fingerprint density at radius 1 is 1.42 bits per heavy atom. The van der Waals surface area contributed by atoms with E-state index in [9.17, 15) is 4.39 Å². The largest absolute Gasteiger partial charge is 0.271 e. The van der Waals surface area contributed by atoms with Gasteiger partial charge >= 0.3 is 0 Å². The first-order valence-electron chi connectivity index (χ1n) is 6.39. The summed E-state index contributed by atoms with van der Waals surface area (Å²) in [5.41, 5.74) is 5.27. The van der Waals surface area contributed by atoms with E-state index >= 15 is 0 Å². The van der Waals surface area contributed by atoms with Crippen molar-refractivity contribution < 1.29 is 4.39 Å². The zero-order valence-corrected chi connectivity index (χ0v) is 11.2. The second-order valence-corrected chi connectivity index (χ2v) is 4.54. The predicted molar refractivity (Wildman–Crippen MR) is 72.8 cm³/mol. The first-order valence-corrected chi connectivity index (χ1v) is 6.39. The van der Waals surface area contributed by atoms with Crippen molar-refractivity contribution >= 4 is 0 Å². The summed E-state index contributed by atoms with van der Waals surface area (Å²) in [6, 6.07) is 8.43. The van der Waals surface area contributed by atoms with Crippen molar-refractivity contribution in [1.29, 1.82) is 0 Å². The SMILES string of the molecule is CCn1nc(C)cc1CC(NN)c1ccccc1F. The molecule has 0 amide bonds. The highest BCUT2D eigenvalue weighted by Crippen LogP contribution is 2.21. The third-order valence-corrected chi connectivity index (χ3v) is 3.18. The van der Waals surface area contributed by atoms with Gasteiger partial charge in [-0.2, -0.15) is 5.10 Å². The molecule has 0 saturated heterocycles. The maximum Gasteiger partial charge on any atom is 0.128 e. The molecular weight excluding hydrogens is 243 g/mol. The highest BCUT2D eigenvalue weighted by molar-refractivity contribution is 5.23. The lowest BCUT2D eigenvalue weighted by atomic mass is 10.0. The Balaban J connectivity index is 2.26. The zero-order valence-electron chi connectivity index (χ0n) is 11.2. The highest BCUT2D eigenvalue weighted by Gasteiger charge is 2.17. The van der Waals surface area contributed by atoms with Crippen LogP contribution in [0.4, 0.5) is 4.39 Å². The molecule has 102 valence electrons. The summed E-state index contributed by atoms with van der Waals surface area (Å²) in [7, 11) is 0. The summed E-state index contributed by atoms with van der Waals surface area (Å²) in [5, 5.41) is 4.39. The fraction of sp³-hybridized carbons (Fsp3) is 0.357. The van der Waals surface area contributed by atoms with E-state index in [2.05, 4.69) is 10.5 Å². The Hall–Kier alpha value is -1.72. The van der Waals surface area contributed by atoms with Crippen LogP contribution in [0, 0.1) is 12.7 Å². The Morgan fingerprint density at radius 2 is 2.16 bits per heavy atom. The normalized spacial score (nSPS) is 12.6. The molecule has 1 unspecified atom stereocenters. The number of rotatable bonds is 5. The van der Waals surface area contributed by atoms with E-state index < -0.39 is 0 Å². The van der Waals surface area contributed by atoms with Crippen molar-refractivity contribution in [2.24, 2.45) is 5.84 Å². The second-order valence-electron chi connectivity index (χ2n) is 4.54. The molecule has 3 N–H and O–H groups in total. The summed E-state index contributed by atoms with van der Waals surface area (Å²) < 4.78 is 15.7. The standard InChI is InChI=1S/C14H19FN4/c1-3-19-11(8-10(2)18-19)9-14(17-16)12-6-4-5-7-13(12)15/h4-8,14,17H,3,9,16H2,1-2H3. The number of aromatic nitrogens is 2.